The molecule has 0 unspecified atom stereocenters. The van der Waals surface area contributed by atoms with Gasteiger partial charge in [0.05, 0.1) is 5.69 Å². The second kappa shape index (κ2) is 8.16. The third-order valence-electron chi connectivity index (χ3n) is 4.56. The highest BCUT2D eigenvalue weighted by Crippen LogP contribution is 2.21. The summed E-state index contributed by atoms with van der Waals surface area (Å²) in [7, 11) is 3.47. The summed E-state index contributed by atoms with van der Waals surface area (Å²) in [5.41, 5.74) is 2.53. The van der Waals surface area contributed by atoms with Gasteiger partial charge in [0.2, 0.25) is 0 Å². The van der Waals surface area contributed by atoms with Gasteiger partial charge in [0.1, 0.15) is 12.0 Å². The van der Waals surface area contributed by atoms with Gasteiger partial charge >= 0.3 is 0 Å². The first-order chi connectivity index (χ1) is 12.1. The minimum absolute atomic E-state index is 0.0796. The summed E-state index contributed by atoms with van der Waals surface area (Å²) in [5, 5.41) is 0. The monoisotopic (exact) mass is 339 g/mol. The van der Waals surface area contributed by atoms with E-state index in [2.05, 4.69) is 25.9 Å². The topological polar surface area (TPSA) is 62.2 Å². The van der Waals surface area contributed by atoms with Gasteiger partial charge in [-0.25, -0.2) is 9.97 Å². The quantitative estimate of drug-likeness (QED) is 0.834. The number of aromatic nitrogens is 3. The normalized spacial score (nSPS) is 18.1. The number of carbonyl (C=O) groups is 1. The first kappa shape index (κ1) is 17.5. The highest BCUT2D eigenvalue weighted by atomic mass is 16.2. The molecule has 1 fully saturated rings. The van der Waals surface area contributed by atoms with Crippen LogP contribution in [0.5, 0.6) is 0 Å². The number of hydrogen-bond donors (Lipinski definition) is 0. The fourth-order valence-electron chi connectivity index (χ4n) is 3.33. The van der Waals surface area contributed by atoms with Gasteiger partial charge in [-0.05, 0) is 49.9 Å². The molecule has 0 spiro atoms. The molecule has 1 saturated heterocycles. The van der Waals surface area contributed by atoms with Gasteiger partial charge in [0.15, 0.2) is 0 Å². The molecule has 1 aliphatic heterocycles. The molecule has 0 saturated carbocycles. The van der Waals surface area contributed by atoms with Crippen molar-refractivity contribution in [1.29, 1.82) is 0 Å². The van der Waals surface area contributed by atoms with E-state index in [1.54, 1.807) is 19.0 Å². The summed E-state index contributed by atoms with van der Waals surface area (Å²) in [5.74, 6) is 0.471. The fraction of sp³-hybridized carbons (Fsp3) is 0.474. The van der Waals surface area contributed by atoms with Crippen molar-refractivity contribution < 1.29 is 4.79 Å². The Morgan fingerprint density at radius 2 is 2.12 bits per heavy atom. The van der Waals surface area contributed by atoms with Crippen molar-refractivity contribution in [3.8, 4) is 0 Å². The van der Waals surface area contributed by atoms with E-state index in [-0.39, 0.29) is 5.91 Å². The van der Waals surface area contributed by atoms with Crippen LogP contribution >= 0.6 is 0 Å². The van der Waals surface area contributed by atoms with Gasteiger partial charge in [-0.1, -0.05) is 6.07 Å². The molecule has 3 rings (SSSR count). The van der Waals surface area contributed by atoms with Gasteiger partial charge in [0.25, 0.3) is 5.91 Å². The predicted octanol–water partition coefficient (Wildman–Crippen LogP) is 2.03. The first-order valence-corrected chi connectivity index (χ1v) is 8.76. The molecule has 6 nitrogen and oxygen atoms in total. The van der Waals surface area contributed by atoms with E-state index < -0.39 is 0 Å². The number of hydrogen-bond acceptors (Lipinski definition) is 5. The zero-order valence-electron chi connectivity index (χ0n) is 14.9. The second-order valence-electron chi connectivity index (χ2n) is 6.86. The lowest BCUT2D eigenvalue weighted by Crippen LogP contribution is -2.36. The minimum Gasteiger partial charge on any atom is -0.343 e. The number of carbonyl (C=O) groups excluding carboxylic acids is 1. The predicted molar refractivity (Wildman–Crippen MR) is 96.0 cm³/mol. The Bertz CT molecular complexity index is 704. The van der Waals surface area contributed by atoms with Crippen molar-refractivity contribution in [2.24, 2.45) is 5.92 Å². The number of likely N-dealkylation sites (tertiary alicyclic amines) is 1. The average Bonchev–Trinajstić information content (AvgIpc) is 2.62. The largest absolute Gasteiger partial charge is 0.343 e. The summed E-state index contributed by atoms with van der Waals surface area (Å²) in [6.07, 6.45) is 6.61. The van der Waals surface area contributed by atoms with Crippen LogP contribution in [-0.2, 0) is 13.0 Å². The Balaban J connectivity index is 1.61. The fourth-order valence-corrected chi connectivity index (χ4v) is 3.33. The van der Waals surface area contributed by atoms with E-state index in [1.165, 1.54) is 19.2 Å². The Morgan fingerprint density at radius 3 is 2.88 bits per heavy atom. The lowest BCUT2D eigenvalue weighted by atomic mass is 9.93. The Hall–Kier alpha value is -2.34. The van der Waals surface area contributed by atoms with Crippen LogP contribution in [0, 0.1) is 5.92 Å². The third kappa shape index (κ3) is 4.82. The van der Waals surface area contributed by atoms with Crippen LogP contribution in [0.15, 0.2) is 36.8 Å². The van der Waals surface area contributed by atoms with Crippen LogP contribution in [0.2, 0.25) is 0 Å². The van der Waals surface area contributed by atoms with E-state index in [0.29, 0.717) is 11.6 Å². The molecule has 0 N–H and O–H groups in total. The van der Waals surface area contributed by atoms with Crippen LogP contribution in [0.1, 0.15) is 34.7 Å². The van der Waals surface area contributed by atoms with Crippen molar-refractivity contribution in [2.75, 3.05) is 27.2 Å². The summed E-state index contributed by atoms with van der Waals surface area (Å²) >= 11 is 0. The molecule has 0 aromatic carbocycles. The zero-order chi connectivity index (χ0) is 17.6. The average molecular weight is 339 g/mol. The van der Waals surface area contributed by atoms with Crippen LogP contribution in [0.3, 0.4) is 0 Å². The van der Waals surface area contributed by atoms with E-state index in [4.69, 9.17) is 0 Å². The highest BCUT2D eigenvalue weighted by molar-refractivity contribution is 5.91. The second-order valence-corrected chi connectivity index (χ2v) is 6.86. The number of amides is 1. The maximum absolute atomic E-state index is 12.1. The van der Waals surface area contributed by atoms with Crippen LogP contribution in [0.25, 0.3) is 0 Å². The third-order valence-corrected chi connectivity index (χ3v) is 4.56. The molecule has 6 heteroatoms. The lowest BCUT2D eigenvalue weighted by molar-refractivity contribution is 0.0821. The molecule has 1 atom stereocenters. The Morgan fingerprint density at radius 1 is 1.24 bits per heavy atom. The van der Waals surface area contributed by atoms with E-state index >= 15 is 0 Å². The van der Waals surface area contributed by atoms with E-state index in [9.17, 15) is 4.79 Å². The SMILES string of the molecule is CN(C)C(=O)c1cc(C[C@H]2CCCN(Cc3ccccn3)C2)ncn1. The molecule has 0 aliphatic carbocycles. The Labute approximate surface area is 148 Å². The lowest BCUT2D eigenvalue weighted by Gasteiger charge is -2.32. The molecule has 2 aromatic rings. The van der Waals surface area contributed by atoms with Crippen LogP contribution in [-0.4, -0.2) is 57.8 Å². The standard InChI is InChI=1S/C19H25N5O/c1-23(2)19(25)18-11-17(21-14-22-18)10-15-6-5-9-24(12-15)13-16-7-3-4-8-20-16/h3-4,7-8,11,14-15H,5-6,9-10,12-13H2,1-2H3/t15-/m1/s1. The van der Waals surface area contributed by atoms with Crippen LogP contribution in [0.4, 0.5) is 0 Å². The Kier molecular flexibility index (Phi) is 5.71. The molecule has 0 bridgehead atoms. The molecule has 0 radical (unpaired) electrons. The van der Waals surface area contributed by atoms with E-state index in [0.717, 1.165) is 37.4 Å². The van der Waals surface area contributed by atoms with Crippen molar-refractivity contribution in [1.82, 2.24) is 24.8 Å². The van der Waals surface area contributed by atoms with Gasteiger partial charge in [-0.3, -0.25) is 14.7 Å². The molecule has 25 heavy (non-hydrogen) atoms. The maximum Gasteiger partial charge on any atom is 0.272 e. The molecular formula is C19H25N5O. The van der Waals surface area contributed by atoms with Gasteiger partial charge in [-0.2, -0.15) is 0 Å². The number of pyridine rings is 1. The van der Waals surface area contributed by atoms with Gasteiger partial charge in [-0.15, -0.1) is 0 Å². The smallest absolute Gasteiger partial charge is 0.272 e. The zero-order valence-corrected chi connectivity index (χ0v) is 14.9. The number of rotatable bonds is 5. The van der Waals surface area contributed by atoms with Crippen molar-refractivity contribution >= 4 is 5.91 Å². The summed E-state index contributed by atoms with van der Waals surface area (Å²) < 4.78 is 0. The molecule has 3 heterocycles. The summed E-state index contributed by atoms with van der Waals surface area (Å²) in [6.45, 7) is 3.05. The van der Waals surface area contributed by atoms with Crippen molar-refractivity contribution in [3.05, 3.63) is 53.9 Å². The molecule has 132 valence electrons. The first-order valence-electron chi connectivity index (χ1n) is 8.76. The molecular weight excluding hydrogens is 314 g/mol. The molecule has 2 aromatic heterocycles. The number of piperidine rings is 1. The van der Waals surface area contributed by atoms with Crippen LogP contribution < -0.4 is 0 Å². The highest BCUT2D eigenvalue weighted by Gasteiger charge is 2.21. The van der Waals surface area contributed by atoms with Gasteiger partial charge in [0, 0.05) is 39.1 Å². The molecule has 1 amide bonds. The van der Waals surface area contributed by atoms with Crippen molar-refractivity contribution in [2.45, 2.75) is 25.8 Å². The van der Waals surface area contributed by atoms with E-state index in [1.807, 2.05) is 24.4 Å². The van der Waals surface area contributed by atoms with Crippen molar-refractivity contribution in [3.63, 3.8) is 0 Å². The maximum atomic E-state index is 12.1. The summed E-state index contributed by atoms with van der Waals surface area (Å²) in [6, 6.07) is 7.89. The number of nitrogens with zero attached hydrogens (tertiary/aromatic N) is 5. The van der Waals surface area contributed by atoms with Gasteiger partial charge < -0.3 is 4.90 Å². The summed E-state index contributed by atoms with van der Waals surface area (Å²) in [4.78, 5) is 29.0. The minimum atomic E-state index is -0.0796. The molecule has 1 aliphatic rings.